The lowest BCUT2D eigenvalue weighted by Crippen LogP contribution is -2.21. The summed E-state index contributed by atoms with van der Waals surface area (Å²) in [6.45, 7) is 5.56. The predicted octanol–water partition coefficient (Wildman–Crippen LogP) is 5.21. The monoisotopic (exact) mass is 399 g/mol. The van der Waals surface area contributed by atoms with Crippen molar-refractivity contribution in [2.45, 2.75) is 33.1 Å². The fourth-order valence-electron chi connectivity index (χ4n) is 3.69. The van der Waals surface area contributed by atoms with Gasteiger partial charge in [0.15, 0.2) is 0 Å². The van der Waals surface area contributed by atoms with Gasteiger partial charge in [-0.25, -0.2) is 0 Å². The van der Waals surface area contributed by atoms with Gasteiger partial charge in [-0.05, 0) is 60.9 Å². The minimum atomic E-state index is -0.946. The quantitative estimate of drug-likeness (QED) is 0.617. The molecule has 0 aliphatic rings. The third kappa shape index (κ3) is 3.38. The fraction of sp³-hybridized carbons (Fsp3) is 0.273. The van der Waals surface area contributed by atoms with Crippen molar-refractivity contribution >= 4 is 34.4 Å². The van der Waals surface area contributed by atoms with Gasteiger partial charge in [-0.15, -0.1) is 0 Å². The number of carboxylic acid groups (broad SMARTS) is 1. The number of rotatable bonds is 5. The van der Waals surface area contributed by atoms with Crippen molar-refractivity contribution in [3.8, 4) is 5.75 Å². The molecule has 0 saturated heterocycles. The normalized spacial score (nSPS) is 13.4. The molecule has 0 aliphatic heterocycles. The molecule has 146 valence electrons. The van der Waals surface area contributed by atoms with Gasteiger partial charge in [0.1, 0.15) is 5.75 Å². The smallest absolute Gasteiger partial charge is 0.311 e. The van der Waals surface area contributed by atoms with Gasteiger partial charge in [0.05, 0.1) is 11.4 Å². The summed E-state index contributed by atoms with van der Waals surface area (Å²) in [5, 5.41) is 21.0. The number of hydrogen-bond acceptors (Lipinski definition) is 3. The number of fused-ring (bicyclic) bond motifs is 1. The molecule has 0 spiro atoms. The van der Waals surface area contributed by atoms with E-state index >= 15 is 0 Å². The topological polar surface area (TPSA) is 79.5 Å². The van der Waals surface area contributed by atoms with Crippen LogP contribution in [0.15, 0.2) is 42.5 Å². The van der Waals surface area contributed by atoms with E-state index in [2.05, 4.69) is 0 Å². The van der Waals surface area contributed by atoms with E-state index in [1.54, 1.807) is 37.3 Å². The minimum absolute atomic E-state index is 0.0260. The van der Waals surface area contributed by atoms with Crippen molar-refractivity contribution in [2.75, 3.05) is 0 Å². The number of halogens is 1. The Bertz CT molecular complexity index is 1050. The third-order valence-corrected chi connectivity index (χ3v) is 5.57. The number of phenolic OH excluding ortho intramolecular Hbond substituents is 1. The lowest BCUT2D eigenvalue weighted by molar-refractivity contribution is -0.140. The molecule has 0 saturated carbocycles. The second-order valence-electron chi connectivity index (χ2n) is 7.05. The number of hydrogen-bond donors (Lipinski definition) is 2. The molecule has 2 atom stereocenters. The number of carboxylic acids is 1. The zero-order valence-electron chi connectivity index (χ0n) is 15.9. The zero-order valence-corrected chi connectivity index (χ0v) is 16.7. The van der Waals surface area contributed by atoms with E-state index in [9.17, 15) is 19.8 Å². The molecule has 3 aromatic rings. The number of carbonyl (C=O) groups excluding carboxylic acids is 1. The van der Waals surface area contributed by atoms with Gasteiger partial charge in [-0.1, -0.05) is 31.9 Å². The predicted molar refractivity (Wildman–Crippen MR) is 109 cm³/mol. The molecule has 0 bridgehead atoms. The molecule has 0 fully saturated rings. The molecule has 2 N–H and O–H groups in total. The number of carbonyl (C=O) groups is 2. The Morgan fingerprint density at radius 1 is 1.14 bits per heavy atom. The second kappa shape index (κ2) is 7.68. The van der Waals surface area contributed by atoms with Crippen LogP contribution >= 0.6 is 11.6 Å². The standard InChI is InChI=1S/C22H22ClNO4/c1-4-12(2)19(22(27)28)20-13(3)24(18-10-9-16(25)11-17(18)20)21(26)14-5-7-15(23)8-6-14/h5-12,19,25H,4H2,1-3H3,(H,27,28)/t12?,19-/m1/s1. The summed E-state index contributed by atoms with van der Waals surface area (Å²) in [5.41, 5.74) is 2.14. The number of aliphatic carboxylic acids is 1. The van der Waals surface area contributed by atoms with E-state index in [1.807, 2.05) is 13.8 Å². The summed E-state index contributed by atoms with van der Waals surface area (Å²) in [6, 6.07) is 11.2. The van der Waals surface area contributed by atoms with Crippen molar-refractivity contribution in [1.29, 1.82) is 0 Å². The summed E-state index contributed by atoms with van der Waals surface area (Å²) in [4.78, 5) is 25.3. The number of nitrogens with zero attached hydrogens (tertiary/aromatic N) is 1. The first-order valence-corrected chi connectivity index (χ1v) is 9.51. The lowest BCUT2D eigenvalue weighted by atomic mass is 9.84. The van der Waals surface area contributed by atoms with Gasteiger partial charge < -0.3 is 10.2 Å². The van der Waals surface area contributed by atoms with Crippen molar-refractivity contribution in [2.24, 2.45) is 5.92 Å². The Morgan fingerprint density at radius 3 is 2.36 bits per heavy atom. The van der Waals surface area contributed by atoms with Crippen LogP contribution in [0.2, 0.25) is 5.02 Å². The molecule has 0 radical (unpaired) electrons. The molecular weight excluding hydrogens is 378 g/mol. The van der Waals surface area contributed by atoms with E-state index in [1.165, 1.54) is 16.7 Å². The maximum Gasteiger partial charge on any atom is 0.311 e. The number of aromatic nitrogens is 1. The van der Waals surface area contributed by atoms with E-state index in [4.69, 9.17) is 11.6 Å². The Morgan fingerprint density at radius 2 is 1.79 bits per heavy atom. The summed E-state index contributed by atoms with van der Waals surface area (Å²) in [6.07, 6.45) is 0.674. The summed E-state index contributed by atoms with van der Waals surface area (Å²) >= 11 is 5.93. The molecule has 6 heteroatoms. The highest BCUT2D eigenvalue weighted by atomic mass is 35.5. The third-order valence-electron chi connectivity index (χ3n) is 5.32. The second-order valence-corrected chi connectivity index (χ2v) is 7.49. The van der Waals surface area contributed by atoms with Gasteiger partial charge in [0.25, 0.3) is 5.91 Å². The van der Waals surface area contributed by atoms with Gasteiger partial charge in [-0.2, -0.15) is 0 Å². The molecule has 0 aliphatic carbocycles. The Kier molecular flexibility index (Phi) is 5.47. The number of benzene rings is 2. The average Bonchev–Trinajstić information content (AvgIpc) is 2.93. The van der Waals surface area contributed by atoms with E-state index < -0.39 is 11.9 Å². The van der Waals surface area contributed by atoms with Crippen molar-refractivity contribution in [3.63, 3.8) is 0 Å². The molecular formula is C22H22ClNO4. The van der Waals surface area contributed by atoms with Crippen LogP contribution in [0.3, 0.4) is 0 Å². The van der Waals surface area contributed by atoms with E-state index in [0.717, 1.165) is 0 Å². The van der Waals surface area contributed by atoms with Crippen LogP contribution in [0, 0.1) is 12.8 Å². The molecule has 1 aromatic heterocycles. The lowest BCUT2D eigenvalue weighted by Gasteiger charge is -2.20. The van der Waals surface area contributed by atoms with Crippen LogP contribution < -0.4 is 0 Å². The maximum absolute atomic E-state index is 13.2. The number of phenols is 1. The van der Waals surface area contributed by atoms with Crippen LogP contribution in [0.5, 0.6) is 5.75 Å². The van der Waals surface area contributed by atoms with Gasteiger partial charge in [0.2, 0.25) is 0 Å². The summed E-state index contributed by atoms with van der Waals surface area (Å²) in [7, 11) is 0. The molecule has 28 heavy (non-hydrogen) atoms. The van der Waals surface area contributed by atoms with Gasteiger partial charge in [-0.3, -0.25) is 14.2 Å². The molecule has 5 nitrogen and oxygen atoms in total. The summed E-state index contributed by atoms with van der Waals surface area (Å²) < 4.78 is 1.52. The van der Waals surface area contributed by atoms with Gasteiger partial charge >= 0.3 is 5.97 Å². The van der Waals surface area contributed by atoms with Crippen LogP contribution in [0.4, 0.5) is 0 Å². The molecule has 2 aromatic carbocycles. The zero-order chi connectivity index (χ0) is 20.6. The highest BCUT2D eigenvalue weighted by Crippen LogP contribution is 2.38. The van der Waals surface area contributed by atoms with Crippen molar-refractivity contribution in [3.05, 3.63) is 64.3 Å². The van der Waals surface area contributed by atoms with E-state index in [0.29, 0.717) is 39.2 Å². The van der Waals surface area contributed by atoms with Crippen LogP contribution in [0.25, 0.3) is 10.9 Å². The molecule has 3 rings (SSSR count). The van der Waals surface area contributed by atoms with Crippen LogP contribution in [-0.2, 0) is 4.79 Å². The Hall–Kier alpha value is -2.79. The minimum Gasteiger partial charge on any atom is -0.508 e. The molecule has 1 unspecified atom stereocenters. The highest BCUT2D eigenvalue weighted by Gasteiger charge is 2.32. The summed E-state index contributed by atoms with van der Waals surface area (Å²) in [5.74, 6) is -2.11. The first kappa shape index (κ1) is 20.0. The molecule has 0 amide bonds. The van der Waals surface area contributed by atoms with Crippen molar-refractivity contribution in [1.82, 2.24) is 4.57 Å². The van der Waals surface area contributed by atoms with Gasteiger partial charge in [0, 0.05) is 21.7 Å². The first-order valence-electron chi connectivity index (χ1n) is 9.13. The van der Waals surface area contributed by atoms with E-state index in [-0.39, 0.29) is 17.6 Å². The van der Waals surface area contributed by atoms with Crippen LogP contribution in [0.1, 0.15) is 47.8 Å². The Labute approximate surface area is 168 Å². The van der Waals surface area contributed by atoms with Crippen molar-refractivity contribution < 1.29 is 19.8 Å². The maximum atomic E-state index is 13.2. The van der Waals surface area contributed by atoms with Crippen LogP contribution in [-0.4, -0.2) is 26.7 Å². The SMILES string of the molecule is CCC(C)[C@@H](C(=O)O)c1c(C)n(C(=O)c2ccc(Cl)cc2)c2ccc(O)cc12. The molecule has 1 heterocycles. The first-order chi connectivity index (χ1) is 13.3. The number of aromatic hydroxyl groups is 1. The Balaban J connectivity index is 2.30. The fourth-order valence-corrected chi connectivity index (χ4v) is 3.82. The highest BCUT2D eigenvalue weighted by molar-refractivity contribution is 6.30. The average molecular weight is 400 g/mol. The largest absolute Gasteiger partial charge is 0.508 e.